The van der Waals surface area contributed by atoms with E-state index in [-0.39, 0.29) is 24.2 Å². The number of nitrogens with one attached hydrogen (secondary N) is 1. The van der Waals surface area contributed by atoms with Crippen LogP contribution in [0.4, 0.5) is 19.0 Å². The minimum absolute atomic E-state index is 0.107. The lowest BCUT2D eigenvalue weighted by Crippen LogP contribution is -2.43. The number of benzene rings is 1. The van der Waals surface area contributed by atoms with Crippen molar-refractivity contribution in [2.75, 3.05) is 24.6 Å². The van der Waals surface area contributed by atoms with E-state index < -0.39 is 11.7 Å². The van der Waals surface area contributed by atoms with Crippen LogP contribution in [-0.4, -0.2) is 30.6 Å². The molecule has 1 saturated heterocycles. The maximum Gasteiger partial charge on any atom is 0.419 e. The van der Waals surface area contributed by atoms with Crippen molar-refractivity contribution in [2.24, 2.45) is 11.8 Å². The highest BCUT2D eigenvalue weighted by atomic mass is 19.4. The van der Waals surface area contributed by atoms with Gasteiger partial charge in [0.25, 0.3) is 0 Å². The van der Waals surface area contributed by atoms with Crippen LogP contribution in [0.3, 0.4) is 0 Å². The first-order valence-corrected chi connectivity index (χ1v) is 10.5. The number of anilines is 1. The van der Waals surface area contributed by atoms with E-state index in [1.165, 1.54) is 12.3 Å². The SMILES string of the molecule is CC(C)COc1ccc(CNC(=O)C2CCCN(c3ncccc3C(F)(F)F)C2)cc1. The molecule has 0 spiro atoms. The molecule has 2 aromatic rings. The largest absolute Gasteiger partial charge is 0.493 e. The molecule has 1 amide bonds. The molecular weight excluding hydrogens is 407 g/mol. The predicted octanol–water partition coefficient (Wildman–Crippen LogP) is 4.67. The average molecular weight is 435 g/mol. The molecule has 0 bridgehead atoms. The van der Waals surface area contributed by atoms with Crippen LogP contribution in [0, 0.1) is 11.8 Å². The number of hydrogen-bond donors (Lipinski definition) is 1. The molecule has 5 nitrogen and oxygen atoms in total. The third-order valence-corrected chi connectivity index (χ3v) is 5.16. The van der Waals surface area contributed by atoms with Crippen molar-refractivity contribution in [1.82, 2.24) is 10.3 Å². The van der Waals surface area contributed by atoms with Gasteiger partial charge in [0.2, 0.25) is 5.91 Å². The summed E-state index contributed by atoms with van der Waals surface area (Å²) in [5, 5.41) is 2.91. The van der Waals surface area contributed by atoms with E-state index in [4.69, 9.17) is 4.74 Å². The summed E-state index contributed by atoms with van der Waals surface area (Å²) in [6.45, 7) is 5.82. The number of piperidine rings is 1. The van der Waals surface area contributed by atoms with Gasteiger partial charge in [-0.25, -0.2) is 4.98 Å². The van der Waals surface area contributed by atoms with Gasteiger partial charge in [-0.3, -0.25) is 4.79 Å². The van der Waals surface area contributed by atoms with Crippen molar-refractivity contribution < 1.29 is 22.7 Å². The first-order valence-electron chi connectivity index (χ1n) is 10.5. The zero-order valence-corrected chi connectivity index (χ0v) is 17.8. The third kappa shape index (κ3) is 6.35. The monoisotopic (exact) mass is 435 g/mol. The molecule has 1 aliphatic rings. The molecular formula is C23H28F3N3O2. The topological polar surface area (TPSA) is 54.5 Å². The molecule has 1 N–H and O–H groups in total. The second-order valence-corrected chi connectivity index (χ2v) is 8.22. The Morgan fingerprint density at radius 1 is 1.26 bits per heavy atom. The van der Waals surface area contributed by atoms with Crippen molar-refractivity contribution in [1.29, 1.82) is 0 Å². The van der Waals surface area contributed by atoms with E-state index in [2.05, 4.69) is 24.1 Å². The van der Waals surface area contributed by atoms with Crippen molar-refractivity contribution in [2.45, 2.75) is 39.4 Å². The number of rotatable bonds is 7. The fraction of sp³-hybridized carbons (Fsp3) is 0.478. The fourth-order valence-electron chi connectivity index (χ4n) is 3.55. The van der Waals surface area contributed by atoms with Gasteiger partial charge < -0.3 is 15.0 Å². The van der Waals surface area contributed by atoms with Crippen LogP contribution < -0.4 is 15.0 Å². The molecule has 168 valence electrons. The summed E-state index contributed by atoms with van der Waals surface area (Å²) in [7, 11) is 0. The maximum absolute atomic E-state index is 13.3. The molecule has 0 aliphatic carbocycles. The highest BCUT2D eigenvalue weighted by Crippen LogP contribution is 2.36. The number of nitrogens with zero attached hydrogens (tertiary/aromatic N) is 2. The van der Waals surface area contributed by atoms with E-state index >= 15 is 0 Å². The molecule has 1 unspecified atom stereocenters. The fourth-order valence-corrected chi connectivity index (χ4v) is 3.55. The van der Waals surface area contributed by atoms with Crippen LogP contribution in [0.2, 0.25) is 0 Å². The molecule has 0 radical (unpaired) electrons. The number of ether oxygens (including phenoxy) is 1. The van der Waals surface area contributed by atoms with Crippen LogP contribution in [-0.2, 0) is 17.5 Å². The Morgan fingerprint density at radius 2 is 2.00 bits per heavy atom. The van der Waals surface area contributed by atoms with Crippen LogP contribution >= 0.6 is 0 Å². The Hall–Kier alpha value is -2.77. The van der Waals surface area contributed by atoms with Gasteiger partial charge in [-0.2, -0.15) is 13.2 Å². The lowest BCUT2D eigenvalue weighted by atomic mass is 9.96. The Labute approximate surface area is 180 Å². The second kappa shape index (κ2) is 10.0. The van der Waals surface area contributed by atoms with Gasteiger partial charge in [-0.05, 0) is 48.6 Å². The first-order chi connectivity index (χ1) is 14.7. The zero-order valence-electron chi connectivity index (χ0n) is 17.8. The van der Waals surface area contributed by atoms with Gasteiger partial charge >= 0.3 is 6.18 Å². The van der Waals surface area contributed by atoms with Gasteiger partial charge in [-0.1, -0.05) is 26.0 Å². The number of halogens is 3. The minimum atomic E-state index is -4.48. The maximum atomic E-state index is 13.3. The molecule has 1 atom stereocenters. The molecule has 1 aromatic heterocycles. The highest BCUT2D eigenvalue weighted by Gasteiger charge is 2.37. The number of amides is 1. The van der Waals surface area contributed by atoms with Crippen LogP contribution in [0.15, 0.2) is 42.6 Å². The van der Waals surface area contributed by atoms with Crippen LogP contribution in [0.25, 0.3) is 0 Å². The van der Waals surface area contributed by atoms with Gasteiger partial charge in [0.05, 0.1) is 18.1 Å². The van der Waals surface area contributed by atoms with Crippen LogP contribution in [0.1, 0.15) is 37.8 Å². The number of carbonyl (C=O) groups is 1. The summed E-state index contributed by atoms with van der Waals surface area (Å²) in [4.78, 5) is 18.2. The third-order valence-electron chi connectivity index (χ3n) is 5.16. The van der Waals surface area contributed by atoms with E-state index in [1.54, 1.807) is 4.90 Å². The highest BCUT2D eigenvalue weighted by molar-refractivity contribution is 5.79. The Balaban J connectivity index is 1.57. The van der Waals surface area contributed by atoms with Gasteiger partial charge in [0, 0.05) is 25.8 Å². The van der Waals surface area contributed by atoms with Gasteiger partial charge in [-0.15, -0.1) is 0 Å². The average Bonchev–Trinajstić information content (AvgIpc) is 2.76. The van der Waals surface area contributed by atoms with Crippen molar-refractivity contribution >= 4 is 11.7 Å². The molecule has 8 heteroatoms. The lowest BCUT2D eigenvalue weighted by Gasteiger charge is -2.34. The number of alkyl halides is 3. The van der Waals surface area contributed by atoms with E-state index in [0.29, 0.717) is 38.5 Å². The summed E-state index contributed by atoms with van der Waals surface area (Å²) in [6.07, 6.45) is -1.86. The van der Waals surface area contributed by atoms with E-state index in [1.807, 2.05) is 24.3 Å². The van der Waals surface area contributed by atoms with Crippen LogP contribution in [0.5, 0.6) is 5.75 Å². The van der Waals surface area contributed by atoms with Gasteiger partial charge in [0.15, 0.2) is 0 Å². The molecule has 1 aliphatic heterocycles. The summed E-state index contributed by atoms with van der Waals surface area (Å²) in [5.74, 6) is 0.569. The summed E-state index contributed by atoms with van der Waals surface area (Å²) < 4.78 is 45.6. The summed E-state index contributed by atoms with van der Waals surface area (Å²) in [5.41, 5.74) is 0.165. The molecule has 31 heavy (non-hydrogen) atoms. The predicted molar refractivity (Wildman–Crippen MR) is 113 cm³/mol. The number of hydrogen-bond acceptors (Lipinski definition) is 4. The van der Waals surface area contributed by atoms with E-state index in [9.17, 15) is 18.0 Å². The molecule has 0 saturated carbocycles. The lowest BCUT2D eigenvalue weighted by molar-refractivity contribution is -0.137. The van der Waals surface area contributed by atoms with Gasteiger partial charge in [0.1, 0.15) is 11.6 Å². The Morgan fingerprint density at radius 3 is 2.68 bits per heavy atom. The van der Waals surface area contributed by atoms with Crippen molar-refractivity contribution in [3.63, 3.8) is 0 Å². The molecule has 2 heterocycles. The van der Waals surface area contributed by atoms with E-state index in [0.717, 1.165) is 17.4 Å². The molecule has 1 fully saturated rings. The normalized spacial score (nSPS) is 17.0. The second-order valence-electron chi connectivity index (χ2n) is 8.22. The number of pyridine rings is 1. The van der Waals surface area contributed by atoms with Crippen molar-refractivity contribution in [3.8, 4) is 5.75 Å². The Kier molecular flexibility index (Phi) is 7.41. The number of carbonyl (C=O) groups excluding carboxylic acids is 1. The minimum Gasteiger partial charge on any atom is -0.493 e. The standard InChI is InChI=1S/C23H28F3N3O2/c1-16(2)15-31-19-9-7-17(8-10-19)13-28-22(30)18-5-4-12-29(14-18)21-20(23(24,25)26)6-3-11-27-21/h3,6-11,16,18H,4-5,12-15H2,1-2H3,(H,28,30). The quantitative estimate of drug-likeness (QED) is 0.687. The number of aromatic nitrogens is 1. The Bertz CT molecular complexity index is 869. The molecule has 3 rings (SSSR count). The molecule has 1 aromatic carbocycles. The smallest absolute Gasteiger partial charge is 0.419 e. The van der Waals surface area contributed by atoms with Crippen molar-refractivity contribution in [3.05, 3.63) is 53.7 Å². The zero-order chi connectivity index (χ0) is 22.4. The first kappa shape index (κ1) is 22.9. The summed E-state index contributed by atoms with van der Waals surface area (Å²) >= 11 is 0. The summed E-state index contributed by atoms with van der Waals surface area (Å²) in [6, 6.07) is 9.83.